The molecular formula is C19H22N2O5S. The quantitative estimate of drug-likeness (QED) is 0.638. The van der Waals surface area contributed by atoms with E-state index in [2.05, 4.69) is 5.32 Å². The molecular weight excluding hydrogens is 368 g/mol. The summed E-state index contributed by atoms with van der Waals surface area (Å²) in [4.78, 5) is 24.3. The second kappa shape index (κ2) is 9.72. The van der Waals surface area contributed by atoms with Crippen LogP contribution in [0.4, 0.5) is 5.69 Å². The lowest BCUT2D eigenvalue weighted by Gasteiger charge is -2.14. The molecule has 0 unspecified atom stereocenters. The summed E-state index contributed by atoms with van der Waals surface area (Å²) in [5, 5.41) is 2.86. The number of hydrogen-bond acceptors (Lipinski definition) is 6. The van der Waals surface area contributed by atoms with Gasteiger partial charge in [-0.25, -0.2) is 0 Å². The summed E-state index contributed by atoms with van der Waals surface area (Å²) in [6.07, 6.45) is 0.117. The van der Waals surface area contributed by atoms with E-state index < -0.39 is 5.91 Å². The molecule has 27 heavy (non-hydrogen) atoms. The molecule has 0 saturated carbocycles. The van der Waals surface area contributed by atoms with Gasteiger partial charge < -0.3 is 25.3 Å². The standard InChI is InChI=1S/C19H22N2O5S/c1-24-14-8-12(9-15(25-2)19(14)26-3)10-18(23)21-13-6-4-5-7-16(13)27-11-17(20)22/h4-9H,10-11H2,1-3H3,(H2,20,22)(H,21,23). The van der Waals surface area contributed by atoms with Crippen molar-refractivity contribution in [1.82, 2.24) is 0 Å². The van der Waals surface area contributed by atoms with E-state index in [9.17, 15) is 9.59 Å². The van der Waals surface area contributed by atoms with Crippen LogP contribution in [-0.2, 0) is 16.0 Å². The van der Waals surface area contributed by atoms with Gasteiger partial charge >= 0.3 is 0 Å². The van der Waals surface area contributed by atoms with Crippen LogP contribution in [-0.4, -0.2) is 38.9 Å². The number of carbonyl (C=O) groups excluding carboxylic acids is 2. The molecule has 3 N–H and O–H groups in total. The van der Waals surface area contributed by atoms with Gasteiger partial charge in [0.1, 0.15) is 0 Å². The number of amides is 2. The molecule has 0 atom stereocenters. The number of carbonyl (C=O) groups is 2. The van der Waals surface area contributed by atoms with Crippen LogP contribution in [0.15, 0.2) is 41.3 Å². The summed E-state index contributed by atoms with van der Waals surface area (Å²) in [5.41, 5.74) is 6.53. The lowest BCUT2D eigenvalue weighted by molar-refractivity contribution is -0.116. The summed E-state index contributed by atoms with van der Waals surface area (Å²) in [6, 6.07) is 10.7. The molecule has 0 aliphatic heterocycles. The molecule has 2 aromatic rings. The zero-order valence-corrected chi connectivity index (χ0v) is 16.2. The summed E-state index contributed by atoms with van der Waals surface area (Å²) in [7, 11) is 4.56. The van der Waals surface area contributed by atoms with Gasteiger partial charge in [-0.3, -0.25) is 9.59 Å². The summed E-state index contributed by atoms with van der Waals surface area (Å²) in [6.45, 7) is 0. The number of nitrogens with one attached hydrogen (secondary N) is 1. The molecule has 0 radical (unpaired) electrons. The third kappa shape index (κ3) is 5.55. The number of thioether (sulfide) groups is 1. The Morgan fingerprint density at radius 2 is 1.67 bits per heavy atom. The average Bonchev–Trinajstić information content (AvgIpc) is 2.66. The van der Waals surface area contributed by atoms with Crippen molar-refractivity contribution in [2.75, 3.05) is 32.4 Å². The van der Waals surface area contributed by atoms with Crippen LogP contribution < -0.4 is 25.3 Å². The van der Waals surface area contributed by atoms with Crippen LogP contribution in [0.5, 0.6) is 17.2 Å². The molecule has 0 aliphatic rings. The van der Waals surface area contributed by atoms with E-state index in [1.807, 2.05) is 18.2 Å². The van der Waals surface area contributed by atoms with E-state index in [1.165, 1.54) is 33.1 Å². The molecule has 2 rings (SSSR count). The Hall–Kier alpha value is -2.87. The van der Waals surface area contributed by atoms with Crippen molar-refractivity contribution in [3.8, 4) is 17.2 Å². The first-order chi connectivity index (χ1) is 13.0. The van der Waals surface area contributed by atoms with E-state index in [1.54, 1.807) is 18.2 Å². The molecule has 0 aromatic heterocycles. The highest BCUT2D eigenvalue weighted by atomic mass is 32.2. The Balaban J connectivity index is 2.16. The van der Waals surface area contributed by atoms with Gasteiger partial charge in [0.05, 0.1) is 39.2 Å². The molecule has 0 heterocycles. The number of hydrogen-bond donors (Lipinski definition) is 2. The van der Waals surface area contributed by atoms with Crippen molar-refractivity contribution in [2.45, 2.75) is 11.3 Å². The minimum atomic E-state index is -0.418. The van der Waals surface area contributed by atoms with Crippen LogP contribution in [0.25, 0.3) is 0 Å². The second-order valence-corrected chi connectivity index (χ2v) is 6.53. The zero-order chi connectivity index (χ0) is 19.8. The maximum absolute atomic E-state index is 12.5. The minimum Gasteiger partial charge on any atom is -0.493 e. The zero-order valence-electron chi connectivity index (χ0n) is 15.4. The van der Waals surface area contributed by atoms with E-state index >= 15 is 0 Å². The number of anilines is 1. The van der Waals surface area contributed by atoms with Crippen molar-refractivity contribution in [3.05, 3.63) is 42.0 Å². The van der Waals surface area contributed by atoms with Crippen molar-refractivity contribution < 1.29 is 23.8 Å². The highest BCUT2D eigenvalue weighted by molar-refractivity contribution is 8.00. The van der Waals surface area contributed by atoms with Crippen molar-refractivity contribution in [3.63, 3.8) is 0 Å². The van der Waals surface area contributed by atoms with Crippen LogP contribution in [0.2, 0.25) is 0 Å². The van der Waals surface area contributed by atoms with Gasteiger partial charge in [-0.1, -0.05) is 12.1 Å². The van der Waals surface area contributed by atoms with Gasteiger partial charge in [0.15, 0.2) is 11.5 Å². The van der Waals surface area contributed by atoms with Gasteiger partial charge in [-0.15, -0.1) is 11.8 Å². The third-order valence-electron chi connectivity index (χ3n) is 3.62. The number of primary amides is 1. The third-order valence-corrected chi connectivity index (χ3v) is 4.72. The van der Waals surface area contributed by atoms with Crippen LogP contribution in [0.3, 0.4) is 0 Å². The highest BCUT2D eigenvalue weighted by Gasteiger charge is 2.15. The fourth-order valence-corrected chi connectivity index (χ4v) is 3.21. The van der Waals surface area contributed by atoms with Crippen molar-refractivity contribution in [1.29, 1.82) is 0 Å². The Morgan fingerprint density at radius 1 is 1.04 bits per heavy atom. The van der Waals surface area contributed by atoms with Crippen LogP contribution in [0.1, 0.15) is 5.56 Å². The SMILES string of the molecule is COc1cc(CC(=O)Nc2ccccc2SCC(N)=O)cc(OC)c1OC. The van der Waals surface area contributed by atoms with Gasteiger partial charge in [0.2, 0.25) is 17.6 Å². The predicted octanol–water partition coefficient (Wildman–Crippen LogP) is 2.47. The van der Waals surface area contributed by atoms with Gasteiger partial charge in [-0.2, -0.15) is 0 Å². The summed E-state index contributed by atoms with van der Waals surface area (Å²) in [5.74, 6) is 0.946. The van der Waals surface area contributed by atoms with E-state index in [-0.39, 0.29) is 18.1 Å². The maximum Gasteiger partial charge on any atom is 0.228 e. The fourth-order valence-electron chi connectivity index (χ4n) is 2.46. The Kier molecular flexibility index (Phi) is 7.36. The predicted molar refractivity (Wildman–Crippen MR) is 105 cm³/mol. The molecule has 0 bridgehead atoms. The largest absolute Gasteiger partial charge is 0.493 e. The molecule has 7 nitrogen and oxygen atoms in total. The summed E-state index contributed by atoms with van der Waals surface area (Å²) < 4.78 is 15.9. The minimum absolute atomic E-state index is 0.117. The Morgan fingerprint density at radius 3 is 2.22 bits per heavy atom. The van der Waals surface area contributed by atoms with Crippen molar-refractivity contribution >= 4 is 29.3 Å². The number of benzene rings is 2. The number of para-hydroxylation sites is 1. The fraction of sp³-hybridized carbons (Fsp3) is 0.263. The molecule has 2 aromatic carbocycles. The van der Waals surface area contributed by atoms with E-state index in [4.69, 9.17) is 19.9 Å². The maximum atomic E-state index is 12.5. The smallest absolute Gasteiger partial charge is 0.228 e. The molecule has 0 spiro atoms. The normalized spacial score (nSPS) is 10.2. The van der Waals surface area contributed by atoms with E-state index in [0.29, 0.717) is 28.5 Å². The van der Waals surface area contributed by atoms with Crippen molar-refractivity contribution in [2.24, 2.45) is 5.73 Å². The first kappa shape index (κ1) is 20.4. The molecule has 144 valence electrons. The average molecular weight is 390 g/mol. The highest BCUT2D eigenvalue weighted by Crippen LogP contribution is 2.38. The van der Waals surface area contributed by atoms with Gasteiger partial charge in [0, 0.05) is 4.90 Å². The number of rotatable bonds is 9. The molecule has 8 heteroatoms. The number of ether oxygens (including phenoxy) is 3. The number of methoxy groups -OCH3 is 3. The first-order valence-electron chi connectivity index (χ1n) is 8.07. The second-order valence-electron chi connectivity index (χ2n) is 5.51. The Bertz CT molecular complexity index is 800. The van der Waals surface area contributed by atoms with Gasteiger partial charge in [0.25, 0.3) is 0 Å². The van der Waals surface area contributed by atoms with Crippen LogP contribution >= 0.6 is 11.8 Å². The number of nitrogens with two attached hydrogens (primary N) is 1. The Labute approximate surface area is 162 Å². The summed E-state index contributed by atoms with van der Waals surface area (Å²) >= 11 is 1.27. The topological polar surface area (TPSA) is 99.9 Å². The monoisotopic (exact) mass is 390 g/mol. The van der Waals surface area contributed by atoms with Gasteiger partial charge in [-0.05, 0) is 29.8 Å². The van der Waals surface area contributed by atoms with Crippen LogP contribution in [0, 0.1) is 0 Å². The molecule has 0 fully saturated rings. The lowest BCUT2D eigenvalue weighted by Crippen LogP contribution is -2.16. The molecule has 0 saturated heterocycles. The molecule has 2 amide bonds. The molecule has 0 aliphatic carbocycles. The van der Waals surface area contributed by atoms with E-state index in [0.717, 1.165) is 4.90 Å². The first-order valence-corrected chi connectivity index (χ1v) is 9.06. The lowest BCUT2D eigenvalue weighted by atomic mass is 10.1.